The Bertz CT molecular complexity index is 1090. The van der Waals surface area contributed by atoms with E-state index in [0.717, 1.165) is 46.7 Å². The van der Waals surface area contributed by atoms with E-state index in [1.165, 1.54) is 25.4 Å². The molecule has 1 N–H and O–H groups in total. The second kappa shape index (κ2) is 9.91. The number of fused-ring (bicyclic) bond motifs is 1. The average Bonchev–Trinajstić information content (AvgIpc) is 3.11. The molecule has 1 aromatic carbocycles. The number of esters is 1. The van der Waals surface area contributed by atoms with Crippen molar-refractivity contribution in [3.63, 3.8) is 0 Å². The van der Waals surface area contributed by atoms with E-state index in [4.69, 9.17) is 9.47 Å². The van der Waals surface area contributed by atoms with Crippen LogP contribution in [-0.4, -0.2) is 46.3 Å². The molecular weight excluding hydrogens is 452 g/mol. The zero-order chi connectivity index (χ0) is 23.5. The predicted molar refractivity (Wildman–Crippen MR) is 125 cm³/mol. The van der Waals surface area contributed by atoms with Crippen LogP contribution in [0.1, 0.15) is 47.5 Å². The molecule has 0 aliphatic heterocycles. The first-order valence-corrected chi connectivity index (χ1v) is 13.1. The van der Waals surface area contributed by atoms with Crippen molar-refractivity contribution in [1.29, 1.82) is 0 Å². The summed E-state index contributed by atoms with van der Waals surface area (Å²) >= 11 is 1.36. The van der Waals surface area contributed by atoms with Crippen LogP contribution in [0.2, 0.25) is 0 Å². The number of carbonyl (C=O) groups is 2. The lowest BCUT2D eigenvalue weighted by atomic mass is 9.95. The number of aryl methyl sites for hydroxylation is 1. The van der Waals surface area contributed by atoms with Gasteiger partial charge in [-0.05, 0) is 69.4 Å². The second-order valence-corrected chi connectivity index (χ2v) is 10.5. The molecule has 1 aromatic heterocycles. The number of hydrogen-bond acceptors (Lipinski definition) is 7. The highest BCUT2D eigenvalue weighted by Gasteiger charge is 2.32. The molecule has 0 saturated carbocycles. The molecule has 1 amide bonds. The summed E-state index contributed by atoms with van der Waals surface area (Å²) in [7, 11) is -2.46. The predicted octanol–water partition coefficient (Wildman–Crippen LogP) is 3.61. The van der Waals surface area contributed by atoms with Crippen molar-refractivity contribution in [1.82, 2.24) is 0 Å². The van der Waals surface area contributed by atoms with E-state index in [1.54, 1.807) is 24.3 Å². The average molecular weight is 481 g/mol. The van der Waals surface area contributed by atoms with E-state index in [0.29, 0.717) is 28.6 Å². The highest BCUT2D eigenvalue weighted by molar-refractivity contribution is 7.92. The molecule has 2 aromatic rings. The van der Waals surface area contributed by atoms with Gasteiger partial charge >= 0.3 is 5.97 Å². The topological polar surface area (TPSA) is 102 Å². The fraction of sp³-hybridized carbons (Fsp3) is 0.455. The quantitative estimate of drug-likeness (QED) is 0.579. The maximum atomic E-state index is 13.1. The molecular formula is C22H28N2O6S2. The van der Waals surface area contributed by atoms with Crippen LogP contribution in [0.15, 0.2) is 24.3 Å². The Kier molecular flexibility index (Phi) is 7.45. The number of carbonyl (C=O) groups excluding carboxylic acids is 2. The minimum absolute atomic E-state index is 0.345. The SMILES string of the molecule is CCOc1ccc(N([C@H](C)C(=O)Nc2sc3c(c2C(=O)OC)CCCC3)S(C)(=O)=O)cc1. The fourth-order valence-electron chi connectivity index (χ4n) is 3.85. The summed E-state index contributed by atoms with van der Waals surface area (Å²) < 4.78 is 36.5. The Morgan fingerprint density at radius 1 is 1.19 bits per heavy atom. The monoisotopic (exact) mass is 480 g/mol. The third kappa shape index (κ3) is 5.07. The molecule has 3 rings (SSSR count). The summed E-state index contributed by atoms with van der Waals surface area (Å²) in [5.74, 6) is -0.430. The third-order valence-electron chi connectivity index (χ3n) is 5.29. The van der Waals surface area contributed by atoms with Crippen molar-refractivity contribution in [3.05, 3.63) is 40.3 Å². The van der Waals surface area contributed by atoms with Gasteiger partial charge in [-0.25, -0.2) is 13.2 Å². The van der Waals surface area contributed by atoms with Gasteiger partial charge in [0.05, 0.1) is 31.2 Å². The smallest absolute Gasteiger partial charge is 0.341 e. The summed E-state index contributed by atoms with van der Waals surface area (Å²) in [4.78, 5) is 26.6. The van der Waals surface area contributed by atoms with Crippen molar-refractivity contribution in [2.75, 3.05) is 29.6 Å². The number of nitrogens with zero attached hydrogens (tertiary/aromatic N) is 1. The molecule has 174 valence electrons. The van der Waals surface area contributed by atoms with Gasteiger partial charge in [0.1, 0.15) is 16.8 Å². The number of anilines is 2. The van der Waals surface area contributed by atoms with Crippen molar-refractivity contribution in [2.45, 2.75) is 45.6 Å². The Morgan fingerprint density at radius 3 is 2.44 bits per heavy atom. The van der Waals surface area contributed by atoms with Crippen LogP contribution in [0.4, 0.5) is 10.7 Å². The molecule has 8 nitrogen and oxygen atoms in total. The molecule has 32 heavy (non-hydrogen) atoms. The van der Waals surface area contributed by atoms with E-state index in [1.807, 2.05) is 6.92 Å². The van der Waals surface area contributed by atoms with Crippen molar-refractivity contribution in [2.24, 2.45) is 0 Å². The molecule has 0 spiro atoms. The van der Waals surface area contributed by atoms with Gasteiger partial charge in [0.15, 0.2) is 0 Å². The minimum Gasteiger partial charge on any atom is -0.494 e. The van der Waals surface area contributed by atoms with Gasteiger partial charge < -0.3 is 14.8 Å². The third-order valence-corrected chi connectivity index (χ3v) is 7.74. The summed E-state index contributed by atoms with van der Waals surface area (Å²) in [6.07, 6.45) is 4.64. The van der Waals surface area contributed by atoms with Crippen LogP contribution in [0.5, 0.6) is 5.75 Å². The van der Waals surface area contributed by atoms with Gasteiger partial charge in [-0.1, -0.05) is 0 Å². The molecule has 0 fully saturated rings. The Labute approximate surface area is 192 Å². The van der Waals surface area contributed by atoms with E-state index < -0.39 is 27.9 Å². The second-order valence-electron chi connectivity index (χ2n) is 7.56. The van der Waals surface area contributed by atoms with E-state index in [9.17, 15) is 18.0 Å². The number of benzene rings is 1. The molecule has 0 radical (unpaired) electrons. The number of ether oxygens (including phenoxy) is 2. The van der Waals surface area contributed by atoms with Crippen LogP contribution in [0, 0.1) is 0 Å². The normalized spacial score (nSPS) is 14.2. The Morgan fingerprint density at radius 2 is 1.84 bits per heavy atom. The molecule has 1 aliphatic carbocycles. The number of nitrogens with one attached hydrogen (secondary N) is 1. The summed E-state index contributed by atoms with van der Waals surface area (Å²) in [6, 6.07) is 5.46. The molecule has 1 aliphatic rings. The maximum Gasteiger partial charge on any atom is 0.341 e. The lowest BCUT2D eigenvalue weighted by molar-refractivity contribution is -0.116. The van der Waals surface area contributed by atoms with Gasteiger partial charge in [-0.3, -0.25) is 9.10 Å². The molecule has 1 heterocycles. The standard InChI is InChI=1S/C22H28N2O6S2/c1-5-30-16-12-10-15(11-13-16)24(32(4,27)28)14(2)20(25)23-21-19(22(26)29-3)17-8-6-7-9-18(17)31-21/h10-14H,5-9H2,1-4H3,(H,23,25)/t14-/m1/s1. The van der Waals surface area contributed by atoms with E-state index in [-0.39, 0.29) is 0 Å². The summed E-state index contributed by atoms with van der Waals surface area (Å²) in [5, 5.41) is 3.19. The van der Waals surface area contributed by atoms with Crippen molar-refractivity contribution < 1.29 is 27.5 Å². The largest absolute Gasteiger partial charge is 0.494 e. The minimum atomic E-state index is -3.77. The number of hydrogen-bond donors (Lipinski definition) is 1. The number of amides is 1. The lowest BCUT2D eigenvalue weighted by Gasteiger charge is -2.28. The molecule has 0 saturated heterocycles. The first-order valence-electron chi connectivity index (χ1n) is 10.4. The molecule has 0 unspecified atom stereocenters. The zero-order valence-corrected chi connectivity index (χ0v) is 20.3. The highest BCUT2D eigenvalue weighted by atomic mass is 32.2. The van der Waals surface area contributed by atoms with Crippen LogP contribution < -0.4 is 14.4 Å². The zero-order valence-electron chi connectivity index (χ0n) is 18.6. The summed E-state index contributed by atoms with van der Waals surface area (Å²) in [6.45, 7) is 3.85. The van der Waals surface area contributed by atoms with Gasteiger partial charge in [0, 0.05) is 4.88 Å². The van der Waals surface area contributed by atoms with Crippen LogP contribution >= 0.6 is 11.3 Å². The first kappa shape index (κ1) is 24.1. The van der Waals surface area contributed by atoms with Crippen molar-refractivity contribution in [3.8, 4) is 5.75 Å². The summed E-state index contributed by atoms with van der Waals surface area (Å²) in [5.41, 5.74) is 1.64. The van der Waals surface area contributed by atoms with E-state index in [2.05, 4.69) is 5.32 Å². The van der Waals surface area contributed by atoms with Crippen LogP contribution in [0.3, 0.4) is 0 Å². The number of sulfonamides is 1. The number of thiophene rings is 1. The van der Waals surface area contributed by atoms with Gasteiger partial charge in [0.2, 0.25) is 15.9 Å². The molecule has 10 heteroatoms. The Hall–Kier alpha value is -2.59. The van der Waals surface area contributed by atoms with Crippen molar-refractivity contribution >= 4 is 43.9 Å². The highest BCUT2D eigenvalue weighted by Crippen LogP contribution is 2.39. The first-order chi connectivity index (χ1) is 15.2. The number of methoxy groups -OCH3 is 1. The van der Waals surface area contributed by atoms with Crippen LogP contribution in [-0.2, 0) is 32.4 Å². The fourth-order valence-corrected chi connectivity index (χ4v) is 6.31. The van der Waals surface area contributed by atoms with Gasteiger partial charge in [-0.2, -0.15) is 0 Å². The molecule has 0 bridgehead atoms. The molecule has 1 atom stereocenters. The van der Waals surface area contributed by atoms with Gasteiger partial charge in [0.25, 0.3) is 0 Å². The lowest BCUT2D eigenvalue weighted by Crippen LogP contribution is -2.45. The van der Waals surface area contributed by atoms with Crippen LogP contribution in [0.25, 0.3) is 0 Å². The maximum absolute atomic E-state index is 13.1. The number of rotatable bonds is 8. The van der Waals surface area contributed by atoms with Gasteiger partial charge in [-0.15, -0.1) is 11.3 Å². The Balaban J connectivity index is 1.90. The van der Waals surface area contributed by atoms with E-state index >= 15 is 0 Å².